The van der Waals surface area contributed by atoms with Gasteiger partial charge in [-0.25, -0.2) is 4.39 Å². The number of aliphatic hydroxyl groups is 1. The van der Waals surface area contributed by atoms with Gasteiger partial charge in [-0.2, -0.15) is 0 Å². The van der Waals surface area contributed by atoms with Crippen LogP contribution in [-0.4, -0.2) is 48.8 Å². The molecule has 0 saturated heterocycles. The molecule has 0 saturated carbocycles. The largest absolute Gasteiger partial charge is 0.389 e. The highest BCUT2D eigenvalue weighted by atomic mass is 19.1. The quantitative estimate of drug-likeness (QED) is 0.512. The molecule has 0 spiro atoms. The predicted molar refractivity (Wildman–Crippen MR) is 111 cm³/mol. The molecule has 2 N–H and O–H groups in total. The number of nitrogens with one attached hydrogen (secondary N) is 1. The average Bonchev–Trinajstić information content (AvgIpc) is 2.71. The Morgan fingerprint density at radius 2 is 1.86 bits per heavy atom. The summed E-state index contributed by atoms with van der Waals surface area (Å²) in [4.78, 5) is 6.45. The zero-order chi connectivity index (χ0) is 20.4. The fraction of sp³-hybridized carbons (Fsp3) is 0.409. The number of halogens is 1. The van der Waals surface area contributed by atoms with Gasteiger partial charge in [0.05, 0.1) is 25.4 Å². The van der Waals surface area contributed by atoms with E-state index >= 15 is 0 Å². The highest BCUT2D eigenvalue weighted by Crippen LogP contribution is 2.16. The first-order valence-corrected chi connectivity index (χ1v) is 9.58. The number of nitrogens with zero attached hydrogens (tertiary/aromatic N) is 2. The monoisotopic (exact) mass is 387 g/mol. The molecule has 152 valence electrons. The van der Waals surface area contributed by atoms with Crippen LogP contribution in [0.3, 0.4) is 0 Å². The van der Waals surface area contributed by atoms with Crippen molar-refractivity contribution in [2.75, 3.05) is 26.7 Å². The van der Waals surface area contributed by atoms with Crippen LogP contribution in [-0.2, 0) is 11.3 Å². The van der Waals surface area contributed by atoms with E-state index in [9.17, 15) is 9.50 Å². The average molecular weight is 387 g/mol. The van der Waals surface area contributed by atoms with Crippen molar-refractivity contribution in [1.29, 1.82) is 0 Å². The van der Waals surface area contributed by atoms with E-state index in [1.54, 1.807) is 12.1 Å². The van der Waals surface area contributed by atoms with E-state index in [-0.39, 0.29) is 25.1 Å². The molecule has 0 radical (unpaired) electrons. The number of rotatable bonds is 9. The molecule has 6 heteroatoms. The Hall–Kier alpha value is -2.44. The van der Waals surface area contributed by atoms with Crippen LogP contribution in [0.15, 0.2) is 59.6 Å². The minimum absolute atomic E-state index is 0.0887. The predicted octanol–water partition coefficient (Wildman–Crippen LogP) is 3.36. The van der Waals surface area contributed by atoms with Crippen molar-refractivity contribution in [2.45, 2.75) is 32.6 Å². The molecule has 0 aliphatic carbocycles. The maximum atomic E-state index is 13.1. The number of aliphatic imine (C=N–C) groups is 1. The maximum Gasteiger partial charge on any atom is 0.194 e. The van der Waals surface area contributed by atoms with E-state index in [4.69, 9.17) is 4.74 Å². The summed E-state index contributed by atoms with van der Waals surface area (Å²) in [6.07, 6.45) is -0.784. The summed E-state index contributed by atoms with van der Waals surface area (Å²) < 4.78 is 18.8. The van der Waals surface area contributed by atoms with Gasteiger partial charge >= 0.3 is 0 Å². The zero-order valence-corrected chi connectivity index (χ0v) is 16.8. The number of hydrogen-bond donors (Lipinski definition) is 2. The van der Waals surface area contributed by atoms with E-state index in [1.165, 1.54) is 12.1 Å². The van der Waals surface area contributed by atoms with Crippen LogP contribution in [0.4, 0.5) is 4.39 Å². The molecule has 2 rings (SSSR count). The summed E-state index contributed by atoms with van der Waals surface area (Å²) >= 11 is 0. The van der Waals surface area contributed by atoms with Crippen molar-refractivity contribution < 1.29 is 14.2 Å². The molecule has 2 unspecified atom stereocenters. The second-order valence-electron chi connectivity index (χ2n) is 6.72. The minimum Gasteiger partial charge on any atom is -0.389 e. The first-order chi connectivity index (χ1) is 13.5. The van der Waals surface area contributed by atoms with Crippen LogP contribution >= 0.6 is 0 Å². The van der Waals surface area contributed by atoms with Crippen molar-refractivity contribution in [1.82, 2.24) is 10.2 Å². The lowest BCUT2D eigenvalue weighted by molar-refractivity contribution is 0.00106. The summed E-state index contributed by atoms with van der Waals surface area (Å²) in [5.41, 5.74) is 2.06. The maximum absolute atomic E-state index is 13.1. The molecule has 0 amide bonds. The molecule has 0 aliphatic heterocycles. The minimum atomic E-state index is -0.695. The van der Waals surface area contributed by atoms with Gasteiger partial charge < -0.3 is 20.1 Å². The van der Waals surface area contributed by atoms with E-state index in [0.29, 0.717) is 19.0 Å². The van der Waals surface area contributed by atoms with Gasteiger partial charge in [0.15, 0.2) is 5.96 Å². The molecule has 0 bridgehead atoms. The van der Waals surface area contributed by atoms with Crippen molar-refractivity contribution >= 4 is 5.96 Å². The number of benzene rings is 2. The summed E-state index contributed by atoms with van der Waals surface area (Å²) in [5.74, 6) is 0.432. The molecule has 2 aromatic rings. The van der Waals surface area contributed by atoms with Crippen LogP contribution in [0, 0.1) is 5.82 Å². The SMILES string of the molecule is CCNC(=NCC(O)COC(C)c1ccccc1)N(C)Cc1ccc(F)cc1. The van der Waals surface area contributed by atoms with Gasteiger partial charge in [0.1, 0.15) is 5.82 Å². The molecule has 2 aromatic carbocycles. The number of hydrogen-bond acceptors (Lipinski definition) is 3. The topological polar surface area (TPSA) is 57.1 Å². The van der Waals surface area contributed by atoms with Gasteiger partial charge in [-0.1, -0.05) is 42.5 Å². The standard InChI is InChI=1S/C22H30FN3O2/c1-4-24-22(26(3)15-18-10-12-20(23)13-11-18)25-14-21(27)16-28-17(2)19-8-6-5-7-9-19/h5-13,17,21,27H,4,14-16H2,1-3H3,(H,24,25). The summed E-state index contributed by atoms with van der Waals surface area (Å²) in [7, 11) is 1.91. The van der Waals surface area contributed by atoms with Crippen molar-refractivity contribution in [3.63, 3.8) is 0 Å². The Morgan fingerprint density at radius 1 is 1.18 bits per heavy atom. The molecular weight excluding hydrogens is 357 g/mol. The van der Waals surface area contributed by atoms with Gasteiger partial charge in [0.25, 0.3) is 0 Å². The highest BCUT2D eigenvalue weighted by molar-refractivity contribution is 5.79. The van der Waals surface area contributed by atoms with Gasteiger partial charge in [0, 0.05) is 20.1 Å². The van der Waals surface area contributed by atoms with Crippen molar-refractivity contribution in [3.05, 3.63) is 71.5 Å². The molecule has 0 fully saturated rings. The van der Waals surface area contributed by atoms with Crippen LogP contribution in [0.25, 0.3) is 0 Å². The Balaban J connectivity index is 1.87. The van der Waals surface area contributed by atoms with Gasteiger partial charge in [-0.15, -0.1) is 0 Å². The third-order valence-electron chi connectivity index (χ3n) is 4.29. The fourth-order valence-electron chi connectivity index (χ4n) is 2.73. The molecule has 0 aliphatic rings. The fourth-order valence-corrected chi connectivity index (χ4v) is 2.73. The summed E-state index contributed by atoms with van der Waals surface area (Å²) in [5, 5.41) is 13.5. The molecule has 0 heterocycles. The van der Waals surface area contributed by atoms with E-state index < -0.39 is 6.10 Å². The van der Waals surface area contributed by atoms with E-state index in [2.05, 4.69) is 10.3 Å². The lowest BCUT2D eigenvalue weighted by Crippen LogP contribution is -2.39. The van der Waals surface area contributed by atoms with E-state index in [1.807, 2.05) is 56.1 Å². The van der Waals surface area contributed by atoms with Crippen LogP contribution in [0.5, 0.6) is 0 Å². The van der Waals surface area contributed by atoms with Gasteiger partial charge in [-0.05, 0) is 37.1 Å². The first-order valence-electron chi connectivity index (χ1n) is 9.58. The Morgan fingerprint density at radius 3 is 2.50 bits per heavy atom. The van der Waals surface area contributed by atoms with Crippen LogP contribution in [0.1, 0.15) is 31.1 Å². The molecular formula is C22H30FN3O2. The summed E-state index contributed by atoms with van der Waals surface area (Å²) in [6.45, 7) is 5.69. The Labute approximate surface area is 166 Å². The normalized spacial score (nSPS) is 13.8. The molecule has 5 nitrogen and oxygen atoms in total. The van der Waals surface area contributed by atoms with Gasteiger partial charge in [-0.3, -0.25) is 4.99 Å². The number of aliphatic hydroxyl groups excluding tert-OH is 1. The lowest BCUT2D eigenvalue weighted by Gasteiger charge is -2.23. The molecule has 0 aromatic heterocycles. The second kappa shape index (κ2) is 11.4. The summed E-state index contributed by atoms with van der Waals surface area (Å²) in [6, 6.07) is 16.3. The van der Waals surface area contributed by atoms with Gasteiger partial charge in [0.2, 0.25) is 0 Å². The zero-order valence-electron chi connectivity index (χ0n) is 16.8. The van der Waals surface area contributed by atoms with Crippen molar-refractivity contribution in [2.24, 2.45) is 4.99 Å². The Kier molecular flexibility index (Phi) is 8.91. The van der Waals surface area contributed by atoms with Crippen molar-refractivity contribution in [3.8, 4) is 0 Å². The lowest BCUT2D eigenvalue weighted by atomic mass is 10.1. The third-order valence-corrected chi connectivity index (χ3v) is 4.29. The molecule has 28 heavy (non-hydrogen) atoms. The third kappa shape index (κ3) is 7.29. The number of guanidine groups is 1. The number of ether oxygens (including phenoxy) is 1. The molecule has 2 atom stereocenters. The Bertz CT molecular complexity index is 722. The van der Waals surface area contributed by atoms with Crippen LogP contribution < -0.4 is 5.32 Å². The van der Waals surface area contributed by atoms with Crippen LogP contribution in [0.2, 0.25) is 0 Å². The van der Waals surface area contributed by atoms with E-state index in [0.717, 1.165) is 11.1 Å². The second-order valence-corrected chi connectivity index (χ2v) is 6.72. The first kappa shape index (κ1) is 21.9. The smallest absolute Gasteiger partial charge is 0.194 e. The highest BCUT2D eigenvalue weighted by Gasteiger charge is 2.11.